The lowest BCUT2D eigenvalue weighted by atomic mass is 9.77. The molecule has 2 saturated heterocycles. The minimum atomic E-state index is 0.481. The van der Waals surface area contributed by atoms with Gasteiger partial charge in [0.05, 0.1) is 18.9 Å². The van der Waals surface area contributed by atoms with Crippen LogP contribution in [0.4, 0.5) is 0 Å². The molecule has 2 aliphatic carbocycles. The molecular weight excluding hydrogens is 322 g/mol. The van der Waals surface area contributed by atoms with Gasteiger partial charge in [-0.25, -0.2) is 0 Å². The van der Waals surface area contributed by atoms with Crippen LogP contribution in [0, 0.1) is 17.3 Å². The summed E-state index contributed by atoms with van der Waals surface area (Å²) in [5, 5.41) is 0. The molecular formula is C22H33N3O. The molecule has 4 heteroatoms. The summed E-state index contributed by atoms with van der Waals surface area (Å²) in [5.41, 5.74) is 1.53. The molecule has 3 heterocycles. The zero-order chi connectivity index (χ0) is 17.4. The fourth-order valence-electron chi connectivity index (χ4n) is 5.42. The predicted molar refractivity (Wildman–Crippen MR) is 103 cm³/mol. The van der Waals surface area contributed by atoms with E-state index < -0.39 is 0 Å². The molecule has 1 aromatic heterocycles. The second-order valence-electron chi connectivity index (χ2n) is 9.34. The second kappa shape index (κ2) is 7.21. The molecule has 2 aliphatic heterocycles. The molecule has 4 fully saturated rings. The van der Waals surface area contributed by atoms with Crippen LogP contribution in [0.1, 0.15) is 44.2 Å². The van der Waals surface area contributed by atoms with Crippen molar-refractivity contribution in [3.8, 4) is 0 Å². The molecule has 2 saturated carbocycles. The summed E-state index contributed by atoms with van der Waals surface area (Å²) in [6.07, 6.45) is 10.5. The van der Waals surface area contributed by atoms with Crippen LogP contribution in [0.15, 0.2) is 24.4 Å². The van der Waals surface area contributed by atoms with Gasteiger partial charge < -0.3 is 9.64 Å². The predicted octanol–water partition coefficient (Wildman–Crippen LogP) is 3.18. The average Bonchev–Trinajstić information content (AvgIpc) is 3.23. The number of ether oxygens (including phenoxy) is 1. The molecule has 0 bridgehead atoms. The van der Waals surface area contributed by atoms with E-state index in [1.54, 1.807) is 0 Å². The largest absolute Gasteiger partial charge is 0.375 e. The van der Waals surface area contributed by atoms with Crippen molar-refractivity contribution < 1.29 is 4.74 Å². The lowest BCUT2D eigenvalue weighted by molar-refractivity contribution is 0.0454. The third-order valence-corrected chi connectivity index (χ3v) is 7.40. The Hall–Kier alpha value is -0.970. The summed E-state index contributed by atoms with van der Waals surface area (Å²) in [4.78, 5) is 9.99. The Morgan fingerprint density at radius 3 is 2.81 bits per heavy atom. The molecule has 1 aromatic rings. The number of pyridine rings is 1. The van der Waals surface area contributed by atoms with Crippen LogP contribution in [-0.4, -0.2) is 60.2 Å². The van der Waals surface area contributed by atoms with E-state index in [1.807, 2.05) is 18.3 Å². The van der Waals surface area contributed by atoms with Gasteiger partial charge in [-0.15, -0.1) is 0 Å². The highest BCUT2D eigenvalue weighted by molar-refractivity contribution is 5.05. The first kappa shape index (κ1) is 17.2. The summed E-state index contributed by atoms with van der Waals surface area (Å²) in [6, 6.07) is 6.98. The van der Waals surface area contributed by atoms with Gasteiger partial charge in [0, 0.05) is 49.8 Å². The lowest BCUT2D eigenvalue weighted by Crippen LogP contribution is -2.42. The van der Waals surface area contributed by atoms with Gasteiger partial charge in [0.15, 0.2) is 0 Å². The highest BCUT2D eigenvalue weighted by Crippen LogP contribution is 2.47. The van der Waals surface area contributed by atoms with Crippen molar-refractivity contribution in [2.45, 2.75) is 51.2 Å². The number of nitrogens with zero attached hydrogens (tertiary/aromatic N) is 3. The first-order chi connectivity index (χ1) is 12.8. The fourth-order valence-corrected chi connectivity index (χ4v) is 5.42. The fraction of sp³-hybridized carbons (Fsp3) is 0.773. The van der Waals surface area contributed by atoms with Crippen LogP contribution in [-0.2, 0) is 11.3 Å². The van der Waals surface area contributed by atoms with Crippen LogP contribution < -0.4 is 0 Å². The molecule has 0 N–H and O–H groups in total. The van der Waals surface area contributed by atoms with Gasteiger partial charge in [0.2, 0.25) is 0 Å². The van der Waals surface area contributed by atoms with Gasteiger partial charge in [-0.3, -0.25) is 9.88 Å². The molecule has 0 amide bonds. The number of aromatic nitrogens is 1. The van der Waals surface area contributed by atoms with Crippen LogP contribution in [0.25, 0.3) is 0 Å². The van der Waals surface area contributed by atoms with Gasteiger partial charge in [-0.1, -0.05) is 12.5 Å². The monoisotopic (exact) mass is 355 g/mol. The van der Waals surface area contributed by atoms with E-state index in [4.69, 9.17) is 4.74 Å². The quantitative estimate of drug-likeness (QED) is 0.751. The number of likely N-dealkylation sites (tertiary alicyclic amines) is 2. The zero-order valence-electron chi connectivity index (χ0n) is 16.0. The van der Waals surface area contributed by atoms with Gasteiger partial charge in [-0.05, 0) is 56.7 Å². The Balaban J connectivity index is 1.22. The normalized spacial score (nSPS) is 33.2. The summed E-state index contributed by atoms with van der Waals surface area (Å²) >= 11 is 0. The van der Waals surface area contributed by atoms with Gasteiger partial charge in [-0.2, -0.15) is 0 Å². The Morgan fingerprint density at radius 2 is 2.08 bits per heavy atom. The van der Waals surface area contributed by atoms with E-state index in [1.165, 1.54) is 71.2 Å². The maximum Gasteiger partial charge on any atom is 0.0887 e. The van der Waals surface area contributed by atoms with E-state index in [0.29, 0.717) is 17.9 Å². The van der Waals surface area contributed by atoms with Crippen molar-refractivity contribution >= 4 is 0 Å². The summed E-state index contributed by atoms with van der Waals surface area (Å²) < 4.78 is 6.19. The highest BCUT2D eigenvalue weighted by Gasteiger charge is 2.52. The van der Waals surface area contributed by atoms with E-state index in [0.717, 1.165) is 24.3 Å². The second-order valence-corrected chi connectivity index (χ2v) is 9.34. The van der Waals surface area contributed by atoms with Crippen molar-refractivity contribution in [1.82, 2.24) is 14.8 Å². The summed E-state index contributed by atoms with van der Waals surface area (Å²) in [7, 11) is 0. The van der Waals surface area contributed by atoms with E-state index >= 15 is 0 Å². The molecule has 5 rings (SSSR count). The lowest BCUT2D eigenvalue weighted by Gasteiger charge is -2.37. The Kier molecular flexibility index (Phi) is 4.76. The van der Waals surface area contributed by atoms with Crippen molar-refractivity contribution in [3.05, 3.63) is 30.1 Å². The molecule has 2 atom stereocenters. The number of rotatable bonds is 7. The third-order valence-electron chi connectivity index (χ3n) is 7.40. The van der Waals surface area contributed by atoms with Crippen molar-refractivity contribution in [2.24, 2.45) is 17.3 Å². The zero-order valence-corrected chi connectivity index (χ0v) is 16.0. The van der Waals surface area contributed by atoms with Gasteiger partial charge in [0.25, 0.3) is 0 Å². The molecule has 1 spiro atoms. The number of hydrogen-bond donors (Lipinski definition) is 0. The van der Waals surface area contributed by atoms with Crippen LogP contribution >= 0.6 is 0 Å². The molecule has 0 aromatic carbocycles. The maximum absolute atomic E-state index is 6.19. The van der Waals surface area contributed by atoms with E-state index in [-0.39, 0.29) is 0 Å². The first-order valence-electron chi connectivity index (χ1n) is 10.7. The minimum absolute atomic E-state index is 0.481. The molecule has 26 heavy (non-hydrogen) atoms. The smallest absolute Gasteiger partial charge is 0.0887 e. The SMILES string of the molecule is c1ccc(COC[C@H]2CN(CC3CC3)C[C@@]23CCN(C2CCC2)C3)nc1. The first-order valence-corrected chi connectivity index (χ1v) is 10.7. The molecule has 0 unspecified atom stereocenters. The van der Waals surface area contributed by atoms with E-state index in [9.17, 15) is 0 Å². The standard InChI is InChI=1S/C22H33N3O/c1-2-10-23-20(4-1)15-26-14-19-13-24(12-18-7-8-18)16-22(19)9-11-25(17-22)21-5-3-6-21/h1-2,4,10,18-19,21H,3,5-9,11-17H2/t19-,22-/m1/s1. The van der Waals surface area contributed by atoms with Crippen molar-refractivity contribution in [1.29, 1.82) is 0 Å². The molecule has 142 valence electrons. The maximum atomic E-state index is 6.19. The Morgan fingerprint density at radius 1 is 1.15 bits per heavy atom. The highest BCUT2D eigenvalue weighted by atomic mass is 16.5. The Bertz CT molecular complexity index is 601. The van der Waals surface area contributed by atoms with Crippen molar-refractivity contribution in [3.63, 3.8) is 0 Å². The minimum Gasteiger partial charge on any atom is -0.375 e. The topological polar surface area (TPSA) is 28.6 Å². The van der Waals surface area contributed by atoms with Crippen LogP contribution in [0.3, 0.4) is 0 Å². The summed E-state index contributed by atoms with van der Waals surface area (Å²) in [5.74, 6) is 1.68. The third kappa shape index (κ3) is 3.56. The summed E-state index contributed by atoms with van der Waals surface area (Å²) in [6.45, 7) is 8.08. The molecule has 4 aliphatic rings. The Labute approximate surface area is 157 Å². The molecule has 4 nitrogen and oxygen atoms in total. The number of hydrogen-bond acceptors (Lipinski definition) is 4. The van der Waals surface area contributed by atoms with E-state index in [2.05, 4.69) is 20.9 Å². The average molecular weight is 356 g/mol. The molecule has 0 radical (unpaired) electrons. The van der Waals surface area contributed by atoms with Crippen molar-refractivity contribution in [2.75, 3.05) is 39.3 Å². The van der Waals surface area contributed by atoms with Gasteiger partial charge >= 0.3 is 0 Å². The van der Waals surface area contributed by atoms with Gasteiger partial charge in [0.1, 0.15) is 0 Å². The van der Waals surface area contributed by atoms with Crippen LogP contribution in [0.2, 0.25) is 0 Å². The van der Waals surface area contributed by atoms with Crippen LogP contribution in [0.5, 0.6) is 0 Å².